The molecule has 118 valence electrons. The van der Waals surface area contributed by atoms with Gasteiger partial charge < -0.3 is 10.1 Å². The van der Waals surface area contributed by atoms with Crippen molar-refractivity contribution in [3.63, 3.8) is 0 Å². The van der Waals surface area contributed by atoms with Crippen molar-refractivity contribution in [2.24, 2.45) is 0 Å². The Labute approximate surface area is 134 Å². The van der Waals surface area contributed by atoms with E-state index < -0.39 is 6.10 Å². The Morgan fingerprint density at radius 3 is 2.83 bits per heavy atom. The van der Waals surface area contributed by atoms with E-state index in [1.807, 2.05) is 31.2 Å². The summed E-state index contributed by atoms with van der Waals surface area (Å²) >= 11 is 0. The van der Waals surface area contributed by atoms with E-state index in [-0.39, 0.29) is 5.56 Å². The maximum Gasteiger partial charge on any atom is 0.256 e. The molecule has 4 nitrogen and oxygen atoms in total. The summed E-state index contributed by atoms with van der Waals surface area (Å²) in [7, 11) is 0. The third-order valence-corrected chi connectivity index (χ3v) is 4.75. The summed E-state index contributed by atoms with van der Waals surface area (Å²) in [6.07, 6.45) is 3.39. The van der Waals surface area contributed by atoms with Crippen molar-refractivity contribution in [2.45, 2.75) is 38.7 Å². The van der Waals surface area contributed by atoms with E-state index in [2.05, 4.69) is 4.98 Å². The molecule has 0 amide bonds. The Bertz CT molecular complexity index is 936. The molecule has 0 fully saturated rings. The summed E-state index contributed by atoms with van der Waals surface area (Å²) in [4.78, 5) is 15.7. The second kappa shape index (κ2) is 5.39. The van der Waals surface area contributed by atoms with Crippen molar-refractivity contribution in [3.05, 3.63) is 74.8 Å². The minimum Gasteiger partial charge on any atom is -0.384 e. The first kappa shape index (κ1) is 14.3. The highest BCUT2D eigenvalue weighted by Gasteiger charge is 2.21. The molecule has 1 unspecified atom stereocenters. The van der Waals surface area contributed by atoms with Crippen molar-refractivity contribution in [1.82, 2.24) is 9.38 Å². The predicted octanol–water partition coefficient (Wildman–Crippen LogP) is 2.90. The number of H-pyrrole nitrogens is 1. The summed E-state index contributed by atoms with van der Waals surface area (Å²) in [6, 6.07) is 11.2. The normalized spacial score (nSPS) is 15.6. The van der Waals surface area contributed by atoms with Crippen LogP contribution in [0, 0.1) is 6.92 Å². The molecular formula is C19H20N2O2. The van der Waals surface area contributed by atoms with Crippen molar-refractivity contribution in [2.75, 3.05) is 0 Å². The molecule has 1 aromatic carbocycles. The molecule has 23 heavy (non-hydrogen) atoms. The average molecular weight is 308 g/mol. The highest BCUT2D eigenvalue weighted by molar-refractivity contribution is 5.54. The molecule has 1 atom stereocenters. The van der Waals surface area contributed by atoms with E-state index in [1.165, 1.54) is 0 Å². The lowest BCUT2D eigenvalue weighted by Gasteiger charge is -2.13. The van der Waals surface area contributed by atoms with E-state index in [9.17, 15) is 9.90 Å². The number of hydrogen-bond acceptors (Lipinski definition) is 2. The highest BCUT2D eigenvalue weighted by Crippen LogP contribution is 2.28. The number of pyridine rings is 1. The van der Waals surface area contributed by atoms with Crippen LogP contribution in [-0.2, 0) is 12.8 Å². The smallest absolute Gasteiger partial charge is 0.256 e. The fraction of sp³-hybridized carbons (Fsp3) is 0.316. The van der Waals surface area contributed by atoms with Gasteiger partial charge in [-0.05, 0) is 44.2 Å². The molecule has 2 N–H and O–H groups in total. The SMILES string of the molecule is Cc1cccc(C(O)c2ccc(=O)n3c4c([nH]c23)CCCC4)c1. The van der Waals surface area contributed by atoms with Gasteiger partial charge in [0.1, 0.15) is 11.8 Å². The van der Waals surface area contributed by atoms with Crippen LogP contribution in [0.2, 0.25) is 0 Å². The maximum atomic E-state index is 12.3. The number of aromatic nitrogens is 2. The van der Waals surface area contributed by atoms with Gasteiger partial charge in [0.05, 0.1) is 0 Å². The number of rotatable bonds is 2. The molecule has 2 aromatic heterocycles. The van der Waals surface area contributed by atoms with Crippen LogP contribution in [0.3, 0.4) is 0 Å². The van der Waals surface area contributed by atoms with E-state index in [4.69, 9.17) is 0 Å². The molecule has 1 aliphatic rings. The molecule has 0 radical (unpaired) electrons. The van der Waals surface area contributed by atoms with Crippen molar-refractivity contribution in [1.29, 1.82) is 0 Å². The fourth-order valence-corrected chi connectivity index (χ4v) is 3.60. The molecule has 3 aromatic rings. The number of aliphatic hydroxyl groups is 1. The molecule has 0 bridgehead atoms. The lowest BCUT2D eigenvalue weighted by Crippen LogP contribution is -2.17. The average Bonchev–Trinajstić information content (AvgIpc) is 2.95. The Kier molecular flexibility index (Phi) is 3.34. The summed E-state index contributed by atoms with van der Waals surface area (Å²) in [5.41, 5.74) is 5.63. The second-order valence-corrected chi connectivity index (χ2v) is 6.38. The molecule has 4 rings (SSSR count). The lowest BCUT2D eigenvalue weighted by atomic mass is 10.0. The molecular weight excluding hydrogens is 288 g/mol. The molecule has 1 aliphatic carbocycles. The zero-order valence-corrected chi connectivity index (χ0v) is 13.2. The van der Waals surface area contributed by atoms with Crippen LogP contribution in [-0.4, -0.2) is 14.5 Å². The highest BCUT2D eigenvalue weighted by atomic mass is 16.3. The van der Waals surface area contributed by atoms with Gasteiger partial charge in [0.2, 0.25) is 0 Å². The monoisotopic (exact) mass is 308 g/mol. The Morgan fingerprint density at radius 1 is 1.17 bits per heavy atom. The van der Waals surface area contributed by atoms with Crippen LogP contribution < -0.4 is 5.56 Å². The number of aryl methyl sites for hydroxylation is 3. The van der Waals surface area contributed by atoms with Gasteiger partial charge in [-0.15, -0.1) is 0 Å². The molecule has 0 aliphatic heterocycles. The van der Waals surface area contributed by atoms with Crippen LogP contribution >= 0.6 is 0 Å². The van der Waals surface area contributed by atoms with E-state index in [0.29, 0.717) is 0 Å². The van der Waals surface area contributed by atoms with Crippen molar-refractivity contribution in [3.8, 4) is 0 Å². The quantitative estimate of drug-likeness (QED) is 0.765. The summed E-state index contributed by atoms with van der Waals surface area (Å²) < 4.78 is 1.75. The van der Waals surface area contributed by atoms with Crippen LogP contribution in [0.15, 0.2) is 41.2 Å². The topological polar surface area (TPSA) is 57.5 Å². The molecule has 0 saturated heterocycles. The van der Waals surface area contributed by atoms with E-state index >= 15 is 0 Å². The van der Waals surface area contributed by atoms with Crippen molar-refractivity contribution < 1.29 is 5.11 Å². The van der Waals surface area contributed by atoms with Gasteiger partial charge in [-0.25, -0.2) is 0 Å². The van der Waals surface area contributed by atoms with Gasteiger partial charge in [-0.2, -0.15) is 0 Å². The van der Waals surface area contributed by atoms with Crippen LogP contribution in [0.1, 0.15) is 47.0 Å². The van der Waals surface area contributed by atoms with Crippen LogP contribution in [0.4, 0.5) is 0 Å². The van der Waals surface area contributed by atoms with Gasteiger partial charge >= 0.3 is 0 Å². The van der Waals surface area contributed by atoms with E-state index in [1.54, 1.807) is 16.5 Å². The first-order valence-electron chi connectivity index (χ1n) is 8.15. The van der Waals surface area contributed by atoms with Crippen LogP contribution in [0.5, 0.6) is 0 Å². The molecule has 2 heterocycles. The van der Waals surface area contributed by atoms with Gasteiger partial charge in [0, 0.05) is 23.0 Å². The summed E-state index contributed by atoms with van der Waals surface area (Å²) in [5, 5.41) is 10.8. The summed E-state index contributed by atoms with van der Waals surface area (Å²) in [5.74, 6) is 0. The third kappa shape index (κ3) is 2.30. The van der Waals surface area contributed by atoms with Gasteiger partial charge in [-0.3, -0.25) is 9.20 Å². The second-order valence-electron chi connectivity index (χ2n) is 6.38. The number of nitrogens with one attached hydrogen (secondary N) is 1. The molecule has 0 spiro atoms. The Balaban J connectivity index is 1.92. The Morgan fingerprint density at radius 2 is 2.00 bits per heavy atom. The predicted molar refractivity (Wildman–Crippen MR) is 89.9 cm³/mol. The zero-order valence-electron chi connectivity index (χ0n) is 13.2. The lowest BCUT2D eigenvalue weighted by molar-refractivity contribution is 0.221. The number of imidazole rings is 1. The number of aromatic amines is 1. The van der Waals surface area contributed by atoms with Crippen LogP contribution in [0.25, 0.3) is 5.65 Å². The first-order valence-corrected chi connectivity index (χ1v) is 8.15. The third-order valence-electron chi connectivity index (χ3n) is 4.75. The number of fused-ring (bicyclic) bond motifs is 3. The number of hydrogen-bond donors (Lipinski definition) is 2. The number of benzene rings is 1. The zero-order chi connectivity index (χ0) is 16.0. The van der Waals surface area contributed by atoms with Gasteiger partial charge in [0.15, 0.2) is 0 Å². The fourth-order valence-electron chi connectivity index (χ4n) is 3.60. The van der Waals surface area contributed by atoms with Crippen molar-refractivity contribution >= 4 is 5.65 Å². The van der Waals surface area contributed by atoms with E-state index in [0.717, 1.165) is 59.4 Å². The minimum atomic E-state index is -0.745. The largest absolute Gasteiger partial charge is 0.384 e. The standard InChI is InChI=1S/C19H20N2O2/c1-12-5-4-6-13(11-12)18(23)14-9-10-17(22)21-16-8-3-2-7-15(16)20-19(14)21/h4-6,9-11,18,20,23H,2-3,7-8H2,1H3. The van der Waals surface area contributed by atoms with Gasteiger partial charge in [-0.1, -0.05) is 29.8 Å². The molecule has 4 heteroatoms. The number of aliphatic hydroxyl groups excluding tert-OH is 1. The maximum absolute atomic E-state index is 12.3. The number of nitrogens with zero attached hydrogens (tertiary/aromatic N) is 1. The first-order chi connectivity index (χ1) is 11.1. The molecule has 0 saturated carbocycles. The Hall–Kier alpha value is -2.33. The minimum absolute atomic E-state index is 0.0282. The van der Waals surface area contributed by atoms with Gasteiger partial charge in [0.25, 0.3) is 5.56 Å². The summed E-state index contributed by atoms with van der Waals surface area (Å²) in [6.45, 7) is 2.01.